The highest BCUT2D eigenvalue weighted by Crippen LogP contribution is 1.98. The van der Waals surface area contributed by atoms with Crippen LogP contribution < -0.4 is 5.32 Å². The number of hydrogen-bond donors (Lipinski definition) is 1. The number of hydrogen-bond acceptors (Lipinski definition) is 3. The van der Waals surface area contributed by atoms with Crippen LogP contribution in [0.3, 0.4) is 0 Å². The van der Waals surface area contributed by atoms with Crippen molar-refractivity contribution in [3.8, 4) is 0 Å². The number of nitrogens with zero attached hydrogens (tertiary/aromatic N) is 2. The smallest absolute Gasteiger partial charge is 0.0203 e. The standard InChI is InChI=1S/C12H27N3/c1-6-7-15(9-8-14(4)5)11-12(2)10-13-3/h13H,2,6-11H2,1,3-5H3. The molecule has 0 atom stereocenters. The lowest BCUT2D eigenvalue weighted by atomic mass is 10.2. The Balaban J connectivity index is 3.86. The molecule has 0 fully saturated rings. The molecule has 0 aromatic carbocycles. The highest BCUT2D eigenvalue weighted by molar-refractivity contribution is 4.99. The molecule has 0 saturated heterocycles. The summed E-state index contributed by atoms with van der Waals surface area (Å²) in [5.74, 6) is 0. The first kappa shape index (κ1) is 14.6. The van der Waals surface area contributed by atoms with Gasteiger partial charge in [0.25, 0.3) is 0 Å². The summed E-state index contributed by atoms with van der Waals surface area (Å²) in [6.07, 6.45) is 1.21. The zero-order valence-corrected chi connectivity index (χ0v) is 10.8. The minimum absolute atomic E-state index is 0.919. The molecule has 90 valence electrons. The van der Waals surface area contributed by atoms with E-state index in [1.165, 1.54) is 12.0 Å². The molecule has 0 amide bonds. The van der Waals surface area contributed by atoms with Crippen molar-refractivity contribution in [1.82, 2.24) is 15.1 Å². The topological polar surface area (TPSA) is 18.5 Å². The van der Waals surface area contributed by atoms with Crippen LogP contribution >= 0.6 is 0 Å². The minimum Gasteiger partial charge on any atom is -0.316 e. The molecule has 15 heavy (non-hydrogen) atoms. The van der Waals surface area contributed by atoms with Crippen LogP contribution in [0.5, 0.6) is 0 Å². The molecule has 3 heteroatoms. The van der Waals surface area contributed by atoms with E-state index >= 15 is 0 Å². The molecule has 0 bridgehead atoms. The molecule has 0 aromatic heterocycles. The van der Waals surface area contributed by atoms with Crippen molar-refractivity contribution in [2.45, 2.75) is 13.3 Å². The van der Waals surface area contributed by atoms with Crippen molar-refractivity contribution >= 4 is 0 Å². The van der Waals surface area contributed by atoms with Crippen molar-refractivity contribution in [3.63, 3.8) is 0 Å². The van der Waals surface area contributed by atoms with Gasteiger partial charge in [0.1, 0.15) is 0 Å². The van der Waals surface area contributed by atoms with E-state index in [0.717, 1.165) is 32.7 Å². The average Bonchev–Trinajstić information content (AvgIpc) is 2.15. The predicted molar refractivity (Wildman–Crippen MR) is 68.4 cm³/mol. The molecular formula is C12H27N3. The molecule has 0 aliphatic rings. The number of nitrogens with one attached hydrogen (secondary N) is 1. The van der Waals surface area contributed by atoms with Gasteiger partial charge in [-0.25, -0.2) is 0 Å². The van der Waals surface area contributed by atoms with Crippen LogP contribution in [-0.2, 0) is 0 Å². The number of rotatable bonds is 9. The summed E-state index contributed by atoms with van der Waals surface area (Å²) in [6, 6.07) is 0. The zero-order valence-electron chi connectivity index (χ0n) is 10.8. The quantitative estimate of drug-likeness (QED) is 0.577. The third kappa shape index (κ3) is 8.60. The Labute approximate surface area is 95.1 Å². The van der Waals surface area contributed by atoms with Crippen molar-refractivity contribution in [3.05, 3.63) is 12.2 Å². The molecular weight excluding hydrogens is 186 g/mol. The van der Waals surface area contributed by atoms with Crippen molar-refractivity contribution in [2.75, 3.05) is 53.9 Å². The minimum atomic E-state index is 0.919. The van der Waals surface area contributed by atoms with Crippen LogP contribution in [0.1, 0.15) is 13.3 Å². The molecule has 0 rings (SSSR count). The van der Waals surface area contributed by atoms with Gasteiger partial charge in [-0.15, -0.1) is 0 Å². The molecule has 0 radical (unpaired) electrons. The first-order valence-electron chi connectivity index (χ1n) is 5.78. The lowest BCUT2D eigenvalue weighted by Crippen LogP contribution is -2.34. The van der Waals surface area contributed by atoms with Crippen molar-refractivity contribution < 1.29 is 0 Å². The maximum atomic E-state index is 4.08. The molecule has 3 nitrogen and oxygen atoms in total. The summed E-state index contributed by atoms with van der Waals surface area (Å²) in [5.41, 5.74) is 1.27. The SMILES string of the molecule is C=C(CNC)CN(CCC)CCN(C)C. The second-order valence-electron chi connectivity index (χ2n) is 4.36. The average molecular weight is 213 g/mol. The van der Waals surface area contributed by atoms with E-state index in [9.17, 15) is 0 Å². The van der Waals surface area contributed by atoms with E-state index in [-0.39, 0.29) is 0 Å². The van der Waals surface area contributed by atoms with E-state index in [1.807, 2.05) is 7.05 Å². The van der Waals surface area contributed by atoms with Gasteiger partial charge in [-0.05, 0) is 39.7 Å². The van der Waals surface area contributed by atoms with Crippen molar-refractivity contribution in [1.29, 1.82) is 0 Å². The van der Waals surface area contributed by atoms with Gasteiger partial charge in [0.2, 0.25) is 0 Å². The van der Waals surface area contributed by atoms with Crippen LogP contribution in [0, 0.1) is 0 Å². The third-order valence-corrected chi connectivity index (χ3v) is 2.28. The normalized spacial score (nSPS) is 11.3. The van der Waals surface area contributed by atoms with Gasteiger partial charge in [-0.2, -0.15) is 0 Å². The van der Waals surface area contributed by atoms with E-state index < -0.39 is 0 Å². The predicted octanol–water partition coefficient (Wildman–Crippen LogP) is 1.04. The van der Waals surface area contributed by atoms with E-state index in [4.69, 9.17) is 0 Å². The fourth-order valence-corrected chi connectivity index (χ4v) is 1.55. The summed E-state index contributed by atoms with van der Waals surface area (Å²) >= 11 is 0. The summed E-state index contributed by atoms with van der Waals surface area (Å²) in [4.78, 5) is 4.70. The fraction of sp³-hybridized carbons (Fsp3) is 0.833. The lowest BCUT2D eigenvalue weighted by Gasteiger charge is -2.24. The highest BCUT2D eigenvalue weighted by Gasteiger charge is 2.05. The van der Waals surface area contributed by atoms with Gasteiger partial charge in [0.15, 0.2) is 0 Å². The first-order chi connectivity index (χ1) is 7.10. The van der Waals surface area contributed by atoms with E-state index in [1.54, 1.807) is 0 Å². The molecule has 0 aliphatic carbocycles. The Hall–Kier alpha value is -0.380. The second-order valence-corrected chi connectivity index (χ2v) is 4.36. The molecule has 0 spiro atoms. The second kappa shape index (κ2) is 8.89. The first-order valence-corrected chi connectivity index (χ1v) is 5.78. The van der Waals surface area contributed by atoms with Gasteiger partial charge in [-0.3, -0.25) is 4.90 Å². The van der Waals surface area contributed by atoms with Gasteiger partial charge in [-0.1, -0.05) is 13.5 Å². The third-order valence-electron chi connectivity index (χ3n) is 2.28. The maximum absolute atomic E-state index is 4.08. The van der Waals surface area contributed by atoms with Crippen LogP contribution in [-0.4, -0.2) is 63.7 Å². The van der Waals surface area contributed by atoms with Crippen molar-refractivity contribution in [2.24, 2.45) is 0 Å². The van der Waals surface area contributed by atoms with Crippen LogP contribution in [0.4, 0.5) is 0 Å². The van der Waals surface area contributed by atoms with Gasteiger partial charge >= 0.3 is 0 Å². The van der Waals surface area contributed by atoms with E-state index in [2.05, 4.69) is 42.7 Å². The Bertz CT molecular complexity index is 166. The molecule has 0 unspecified atom stereocenters. The Kier molecular flexibility index (Phi) is 8.67. The summed E-state index contributed by atoms with van der Waals surface area (Å²) in [7, 11) is 6.20. The number of likely N-dealkylation sites (N-methyl/N-ethyl adjacent to an activating group) is 2. The maximum Gasteiger partial charge on any atom is 0.0203 e. The molecule has 0 aliphatic heterocycles. The fourth-order valence-electron chi connectivity index (χ4n) is 1.55. The molecule has 0 aromatic rings. The summed E-state index contributed by atoms with van der Waals surface area (Å²) in [6.45, 7) is 11.6. The summed E-state index contributed by atoms with van der Waals surface area (Å²) in [5, 5.41) is 3.14. The largest absolute Gasteiger partial charge is 0.316 e. The Morgan fingerprint density at radius 1 is 1.20 bits per heavy atom. The van der Waals surface area contributed by atoms with E-state index in [0.29, 0.717) is 0 Å². The highest BCUT2D eigenvalue weighted by atomic mass is 15.2. The summed E-state index contributed by atoms with van der Waals surface area (Å²) < 4.78 is 0. The lowest BCUT2D eigenvalue weighted by molar-refractivity contribution is 0.256. The van der Waals surface area contributed by atoms with Gasteiger partial charge < -0.3 is 10.2 Å². The van der Waals surface area contributed by atoms with Crippen LogP contribution in [0.15, 0.2) is 12.2 Å². The molecule has 1 N–H and O–H groups in total. The van der Waals surface area contributed by atoms with Crippen LogP contribution in [0.2, 0.25) is 0 Å². The van der Waals surface area contributed by atoms with Crippen LogP contribution in [0.25, 0.3) is 0 Å². The van der Waals surface area contributed by atoms with Gasteiger partial charge in [0.05, 0.1) is 0 Å². The Morgan fingerprint density at radius 3 is 2.33 bits per heavy atom. The molecule has 0 saturated carbocycles. The molecule has 0 heterocycles. The van der Waals surface area contributed by atoms with Gasteiger partial charge in [0, 0.05) is 26.2 Å². The Morgan fingerprint density at radius 2 is 1.87 bits per heavy atom. The monoisotopic (exact) mass is 213 g/mol. The zero-order chi connectivity index (χ0) is 11.7.